The Kier molecular flexibility index (Phi) is 6.00. The van der Waals surface area contributed by atoms with Crippen molar-refractivity contribution < 1.29 is 14.4 Å². The molecule has 138 valence electrons. The molecule has 7 nitrogen and oxygen atoms in total. The molecule has 1 fully saturated rings. The summed E-state index contributed by atoms with van der Waals surface area (Å²) >= 11 is 3.16. The van der Waals surface area contributed by atoms with Gasteiger partial charge in [0.25, 0.3) is 0 Å². The van der Waals surface area contributed by atoms with Gasteiger partial charge in [-0.15, -0.1) is 11.3 Å². The molecule has 0 radical (unpaired) electrons. The lowest BCUT2D eigenvalue weighted by Crippen LogP contribution is -2.34. The van der Waals surface area contributed by atoms with E-state index in [1.54, 1.807) is 11.3 Å². The van der Waals surface area contributed by atoms with Crippen LogP contribution in [0.3, 0.4) is 0 Å². The van der Waals surface area contributed by atoms with Crippen molar-refractivity contribution in [3.05, 3.63) is 38.5 Å². The number of urea groups is 1. The molecule has 0 bridgehead atoms. The molecule has 1 unspecified atom stereocenters. The topological polar surface area (TPSA) is 91.4 Å². The van der Waals surface area contributed by atoms with Gasteiger partial charge in [0.2, 0.25) is 11.8 Å². The van der Waals surface area contributed by atoms with Gasteiger partial charge in [-0.2, -0.15) is 11.3 Å². The van der Waals surface area contributed by atoms with Crippen LogP contribution in [0, 0.1) is 6.92 Å². The summed E-state index contributed by atoms with van der Waals surface area (Å²) in [7, 11) is 0. The number of aromatic nitrogens is 1. The zero-order chi connectivity index (χ0) is 18.5. The molecule has 1 atom stereocenters. The minimum absolute atomic E-state index is 0.0388. The van der Waals surface area contributed by atoms with E-state index in [9.17, 15) is 14.4 Å². The molecule has 9 heteroatoms. The van der Waals surface area contributed by atoms with Crippen LogP contribution in [0.1, 0.15) is 35.1 Å². The van der Waals surface area contributed by atoms with Crippen molar-refractivity contribution in [2.75, 3.05) is 13.1 Å². The van der Waals surface area contributed by atoms with Crippen LogP contribution in [0.5, 0.6) is 0 Å². The number of hydrogen-bond acceptors (Lipinski definition) is 6. The number of nitrogens with one attached hydrogen (secondary N) is 2. The Morgan fingerprint density at radius 2 is 2.27 bits per heavy atom. The van der Waals surface area contributed by atoms with Gasteiger partial charge in [0, 0.05) is 30.5 Å². The van der Waals surface area contributed by atoms with E-state index in [2.05, 4.69) is 21.0 Å². The minimum atomic E-state index is -0.385. The van der Waals surface area contributed by atoms with Crippen molar-refractivity contribution >= 4 is 40.5 Å². The Morgan fingerprint density at radius 1 is 1.42 bits per heavy atom. The van der Waals surface area contributed by atoms with Gasteiger partial charge in [-0.1, -0.05) is 0 Å². The maximum atomic E-state index is 12.4. The van der Waals surface area contributed by atoms with Crippen molar-refractivity contribution in [2.24, 2.45) is 0 Å². The van der Waals surface area contributed by atoms with Gasteiger partial charge in [0.05, 0.1) is 12.6 Å². The van der Waals surface area contributed by atoms with E-state index >= 15 is 0 Å². The van der Waals surface area contributed by atoms with Crippen LogP contribution in [0.25, 0.3) is 0 Å². The van der Waals surface area contributed by atoms with E-state index in [1.165, 1.54) is 11.3 Å². The van der Waals surface area contributed by atoms with Gasteiger partial charge in [-0.05, 0) is 35.7 Å². The first-order valence-corrected chi connectivity index (χ1v) is 10.2. The maximum Gasteiger partial charge on any atom is 0.324 e. The fraction of sp³-hybridized carbons (Fsp3) is 0.412. The molecule has 1 saturated heterocycles. The Balaban J connectivity index is 1.55. The SMILES string of the molecule is Cc1csc(C(Cc2ccsc2)NC(=O)CCCN2C(=O)CNC2=O)n1. The summed E-state index contributed by atoms with van der Waals surface area (Å²) < 4.78 is 0. The molecule has 2 aromatic heterocycles. The van der Waals surface area contributed by atoms with E-state index in [1.807, 2.05) is 23.8 Å². The lowest BCUT2D eigenvalue weighted by atomic mass is 10.1. The number of thiazole rings is 1. The van der Waals surface area contributed by atoms with Crippen LogP contribution in [0.15, 0.2) is 22.2 Å². The van der Waals surface area contributed by atoms with Crippen molar-refractivity contribution in [3.63, 3.8) is 0 Å². The Labute approximate surface area is 159 Å². The predicted molar refractivity (Wildman–Crippen MR) is 100 cm³/mol. The number of carbonyl (C=O) groups is 3. The first-order valence-electron chi connectivity index (χ1n) is 8.33. The Morgan fingerprint density at radius 3 is 2.88 bits per heavy atom. The van der Waals surface area contributed by atoms with Crippen LogP contribution in [0.2, 0.25) is 0 Å². The van der Waals surface area contributed by atoms with Gasteiger partial charge in [0.15, 0.2) is 0 Å². The number of carbonyl (C=O) groups excluding carboxylic acids is 3. The largest absolute Gasteiger partial charge is 0.347 e. The monoisotopic (exact) mass is 392 g/mol. The summed E-state index contributed by atoms with van der Waals surface area (Å²) in [6.45, 7) is 2.22. The highest BCUT2D eigenvalue weighted by atomic mass is 32.1. The molecule has 2 aromatic rings. The average Bonchev–Trinajstić information content (AvgIpc) is 3.32. The summed E-state index contributed by atoms with van der Waals surface area (Å²) in [4.78, 5) is 41.1. The van der Waals surface area contributed by atoms with E-state index in [0.29, 0.717) is 12.8 Å². The molecular formula is C17H20N4O3S2. The number of hydrogen-bond donors (Lipinski definition) is 2. The molecule has 1 aliphatic rings. The van der Waals surface area contributed by atoms with Crippen molar-refractivity contribution in [3.8, 4) is 0 Å². The number of rotatable bonds is 8. The normalized spacial score (nSPS) is 15.2. The van der Waals surface area contributed by atoms with E-state index < -0.39 is 0 Å². The number of nitrogens with zero attached hydrogens (tertiary/aromatic N) is 2. The van der Waals surface area contributed by atoms with Crippen LogP contribution < -0.4 is 10.6 Å². The molecule has 0 aromatic carbocycles. The van der Waals surface area contributed by atoms with Crippen LogP contribution in [-0.2, 0) is 16.0 Å². The Hall–Kier alpha value is -2.26. The van der Waals surface area contributed by atoms with Gasteiger partial charge in [-0.25, -0.2) is 9.78 Å². The quantitative estimate of drug-likeness (QED) is 0.674. The highest BCUT2D eigenvalue weighted by molar-refractivity contribution is 7.09. The lowest BCUT2D eigenvalue weighted by Gasteiger charge is -2.17. The standard InChI is InChI=1S/C17H20N4O3S2/c1-11-9-26-16(19-11)13(7-12-4-6-25-10-12)20-14(22)3-2-5-21-15(23)8-18-17(21)24/h4,6,9-10,13H,2-3,5,7-8H2,1H3,(H,18,24)(H,20,22). The summed E-state index contributed by atoms with van der Waals surface area (Å²) in [5.74, 6) is -0.353. The van der Waals surface area contributed by atoms with Crippen molar-refractivity contribution in [1.82, 2.24) is 20.5 Å². The van der Waals surface area contributed by atoms with Gasteiger partial charge in [-0.3, -0.25) is 14.5 Å². The fourth-order valence-electron chi connectivity index (χ4n) is 2.72. The van der Waals surface area contributed by atoms with Crippen LogP contribution in [0.4, 0.5) is 4.79 Å². The molecule has 0 aliphatic carbocycles. The lowest BCUT2D eigenvalue weighted by molar-refractivity contribution is -0.126. The zero-order valence-electron chi connectivity index (χ0n) is 14.4. The zero-order valence-corrected chi connectivity index (χ0v) is 16.0. The molecule has 3 heterocycles. The first kappa shape index (κ1) is 18.5. The summed E-state index contributed by atoms with van der Waals surface area (Å²) in [5, 5.41) is 12.4. The van der Waals surface area contributed by atoms with Gasteiger partial charge < -0.3 is 10.6 Å². The molecule has 2 N–H and O–H groups in total. The number of imide groups is 1. The fourth-order valence-corrected chi connectivity index (χ4v) is 4.25. The Bertz CT molecular complexity index is 772. The highest BCUT2D eigenvalue weighted by Gasteiger charge is 2.28. The van der Waals surface area contributed by atoms with Crippen molar-refractivity contribution in [1.29, 1.82) is 0 Å². The molecule has 0 saturated carbocycles. The second-order valence-electron chi connectivity index (χ2n) is 6.09. The third-order valence-electron chi connectivity index (χ3n) is 4.01. The van der Waals surface area contributed by atoms with Crippen LogP contribution >= 0.6 is 22.7 Å². The maximum absolute atomic E-state index is 12.4. The minimum Gasteiger partial charge on any atom is -0.347 e. The number of amides is 4. The molecule has 3 rings (SSSR count). The second-order valence-corrected chi connectivity index (χ2v) is 7.76. The summed E-state index contributed by atoms with van der Waals surface area (Å²) in [5.41, 5.74) is 2.10. The number of thiophene rings is 1. The molecule has 4 amide bonds. The molecular weight excluding hydrogens is 372 g/mol. The highest BCUT2D eigenvalue weighted by Crippen LogP contribution is 2.23. The molecule has 0 spiro atoms. The first-order chi connectivity index (χ1) is 12.5. The van der Waals surface area contributed by atoms with E-state index in [4.69, 9.17) is 0 Å². The summed E-state index contributed by atoms with van der Waals surface area (Å²) in [6, 6.07) is 1.48. The summed E-state index contributed by atoms with van der Waals surface area (Å²) in [6.07, 6.45) is 1.38. The molecule has 1 aliphatic heterocycles. The van der Waals surface area contributed by atoms with Gasteiger partial charge >= 0.3 is 6.03 Å². The van der Waals surface area contributed by atoms with Crippen LogP contribution in [-0.4, -0.2) is 40.8 Å². The van der Waals surface area contributed by atoms with Crippen molar-refractivity contribution in [2.45, 2.75) is 32.2 Å². The molecule has 26 heavy (non-hydrogen) atoms. The smallest absolute Gasteiger partial charge is 0.324 e. The second kappa shape index (κ2) is 8.41. The van der Waals surface area contributed by atoms with E-state index in [0.717, 1.165) is 21.2 Å². The third kappa shape index (κ3) is 4.67. The van der Waals surface area contributed by atoms with E-state index in [-0.39, 0.29) is 43.4 Å². The average molecular weight is 393 g/mol. The third-order valence-corrected chi connectivity index (χ3v) is 5.82. The van der Waals surface area contributed by atoms with Gasteiger partial charge in [0.1, 0.15) is 5.01 Å². The predicted octanol–water partition coefficient (Wildman–Crippen LogP) is 2.25. The number of aryl methyl sites for hydroxylation is 1.